The zero-order valence-corrected chi connectivity index (χ0v) is 9.05. The van der Waals surface area contributed by atoms with Crippen molar-refractivity contribution in [3.05, 3.63) is 47.8 Å². The number of nitrogens with two attached hydrogens (primary N) is 1. The molecular formula is C12H13N3O. The number of hydrogen-bond acceptors (Lipinski definition) is 4. The topological polar surface area (TPSA) is 61.0 Å². The van der Waals surface area contributed by atoms with Crippen LogP contribution in [0.2, 0.25) is 0 Å². The molecule has 0 spiro atoms. The van der Waals surface area contributed by atoms with Crippen LogP contribution in [0, 0.1) is 6.92 Å². The number of nitrogens with zero attached hydrogens (tertiary/aromatic N) is 2. The molecule has 0 aliphatic heterocycles. The van der Waals surface area contributed by atoms with Crippen LogP contribution in [0.1, 0.15) is 11.3 Å². The maximum Gasteiger partial charge on any atom is 0.233 e. The number of anilines is 1. The highest BCUT2D eigenvalue weighted by molar-refractivity contribution is 5.34. The Kier molecular flexibility index (Phi) is 3.00. The predicted molar refractivity (Wildman–Crippen MR) is 62.0 cm³/mol. The molecule has 0 saturated carbocycles. The molecule has 16 heavy (non-hydrogen) atoms. The van der Waals surface area contributed by atoms with E-state index in [9.17, 15) is 0 Å². The van der Waals surface area contributed by atoms with E-state index in [4.69, 9.17) is 10.5 Å². The molecule has 0 saturated heterocycles. The Morgan fingerprint density at radius 2 is 2.00 bits per heavy atom. The third-order valence-corrected chi connectivity index (χ3v) is 2.19. The molecule has 2 N–H and O–H groups in total. The van der Waals surface area contributed by atoms with Crippen molar-refractivity contribution in [3.63, 3.8) is 0 Å². The van der Waals surface area contributed by atoms with Gasteiger partial charge in [0.1, 0.15) is 12.4 Å². The van der Waals surface area contributed by atoms with E-state index in [-0.39, 0.29) is 0 Å². The number of nitrogen functional groups attached to an aromatic ring is 1. The van der Waals surface area contributed by atoms with Crippen molar-refractivity contribution in [2.45, 2.75) is 13.5 Å². The summed E-state index contributed by atoms with van der Waals surface area (Å²) >= 11 is 0. The van der Waals surface area contributed by atoms with E-state index in [0.717, 1.165) is 5.56 Å². The van der Waals surface area contributed by atoms with Crippen molar-refractivity contribution in [2.75, 3.05) is 5.73 Å². The van der Waals surface area contributed by atoms with Crippen LogP contribution in [-0.4, -0.2) is 9.97 Å². The molecule has 0 aliphatic carbocycles. The molecule has 0 fully saturated rings. The monoisotopic (exact) mass is 215 g/mol. The molecule has 4 nitrogen and oxygen atoms in total. The van der Waals surface area contributed by atoms with Gasteiger partial charge in [0.15, 0.2) is 0 Å². The highest BCUT2D eigenvalue weighted by Crippen LogP contribution is 2.11. The van der Waals surface area contributed by atoms with Crippen molar-refractivity contribution < 1.29 is 4.74 Å². The Hall–Kier alpha value is -2.10. The molecule has 0 atom stereocenters. The maximum atomic E-state index is 5.57. The minimum absolute atomic E-state index is 0.437. The molecule has 2 rings (SSSR count). The molecule has 0 radical (unpaired) electrons. The van der Waals surface area contributed by atoms with Gasteiger partial charge < -0.3 is 10.5 Å². The summed E-state index contributed by atoms with van der Waals surface area (Å²) in [7, 11) is 0. The van der Waals surface area contributed by atoms with Crippen LogP contribution in [0.5, 0.6) is 5.88 Å². The van der Waals surface area contributed by atoms with E-state index in [0.29, 0.717) is 24.0 Å². The summed E-state index contributed by atoms with van der Waals surface area (Å²) in [5.41, 5.74) is 7.35. The first-order valence-electron chi connectivity index (χ1n) is 5.01. The van der Waals surface area contributed by atoms with Crippen LogP contribution in [0.15, 0.2) is 36.5 Å². The molecule has 1 heterocycles. The Morgan fingerprint density at radius 3 is 2.69 bits per heavy atom. The van der Waals surface area contributed by atoms with Gasteiger partial charge in [0, 0.05) is 0 Å². The zero-order valence-electron chi connectivity index (χ0n) is 9.05. The fourth-order valence-corrected chi connectivity index (χ4v) is 1.27. The van der Waals surface area contributed by atoms with Crippen molar-refractivity contribution >= 4 is 5.82 Å². The highest BCUT2D eigenvalue weighted by atomic mass is 16.5. The average Bonchev–Trinajstić information content (AvgIpc) is 2.32. The molecule has 82 valence electrons. The average molecular weight is 215 g/mol. The van der Waals surface area contributed by atoms with Gasteiger partial charge in [-0.05, 0) is 12.5 Å². The van der Waals surface area contributed by atoms with Crippen LogP contribution < -0.4 is 10.5 Å². The summed E-state index contributed by atoms with van der Waals surface area (Å²) in [6.07, 6.45) is 1.53. The largest absolute Gasteiger partial charge is 0.472 e. The molecule has 0 amide bonds. The summed E-state index contributed by atoms with van der Waals surface area (Å²) in [6, 6.07) is 9.91. The van der Waals surface area contributed by atoms with Crippen molar-refractivity contribution in [2.24, 2.45) is 0 Å². The molecular weight excluding hydrogens is 202 g/mol. The Labute approximate surface area is 94.1 Å². The maximum absolute atomic E-state index is 5.57. The van der Waals surface area contributed by atoms with Crippen LogP contribution in [-0.2, 0) is 6.61 Å². The van der Waals surface area contributed by atoms with Crippen LogP contribution in [0.4, 0.5) is 5.82 Å². The minimum atomic E-state index is 0.437. The Morgan fingerprint density at radius 1 is 1.25 bits per heavy atom. The lowest BCUT2D eigenvalue weighted by molar-refractivity contribution is 0.292. The van der Waals surface area contributed by atoms with E-state index in [2.05, 4.69) is 9.97 Å². The SMILES string of the molecule is Cc1nc(OCc2ccccc2)cnc1N. The fourth-order valence-electron chi connectivity index (χ4n) is 1.27. The molecule has 1 aromatic heterocycles. The molecule has 4 heteroatoms. The summed E-state index contributed by atoms with van der Waals surface area (Å²) < 4.78 is 5.50. The lowest BCUT2D eigenvalue weighted by atomic mass is 10.2. The van der Waals surface area contributed by atoms with Crippen LogP contribution >= 0.6 is 0 Å². The molecule has 0 unspecified atom stereocenters. The van der Waals surface area contributed by atoms with E-state index >= 15 is 0 Å². The lowest BCUT2D eigenvalue weighted by Gasteiger charge is -2.06. The van der Waals surface area contributed by atoms with Gasteiger partial charge >= 0.3 is 0 Å². The van der Waals surface area contributed by atoms with E-state index < -0.39 is 0 Å². The van der Waals surface area contributed by atoms with Crippen LogP contribution in [0.25, 0.3) is 0 Å². The summed E-state index contributed by atoms with van der Waals surface area (Å²) in [6.45, 7) is 2.29. The second-order valence-corrected chi connectivity index (χ2v) is 3.45. The van der Waals surface area contributed by atoms with Gasteiger partial charge in [0.25, 0.3) is 0 Å². The summed E-state index contributed by atoms with van der Waals surface area (Å²) in [5, 5.41) is 0. The molecule has 2 aromatic rings. The van der Waals surface area contributed by atoms with Gasteiger partial charge in [-0.25, -0.2) is 9.97 Å². The van der Waals surface area contributed by atoms with E-state index in [1.165, 1.54) is 6.20 Å². The first-order valence-corrected chi connectivity index (χ1v) is 5.01. The van der Waals surface area contributed by atoms with Crippen molar-refractivity contribution in [1.29, 1.82) is 0 Å². The van der Waals surface area contributed by atoms with Gasteiger partial charge in [-0.2, -0.15) is 0 Å². The second-order valence-electron chi connectivity index (χ2n) is 3.45. The number of rotatable bonds is 3. The van der Waals surface area contributed by atoms with E-state index in [1.54, 1.807) is 6.92 Å². The van der Waals surface area contributed by atoms with Gasteiger partial charge in [-0.3, -0.25) is 0 Å². The number of benzene rings is 1. The first kappa shape index (κ1) is 10.4. The van der Waals surface area contributed by atoms with Crippen molar-refractivity contribution in [1.82, 2.24) is 9.97 Å². The summed E-state index contributed by atoms with van der Waals surface area (Å²) in [4.78, 5) is 8.16. The van der Waals surface area contributed by atoms with Gasteiger partial charge in [0.2, 0.25) is 5.88 Å². The minimum Gasteiger partial charge on any atom is -0.472 e. The Bertz CT molecular complexity index is 471. The van der Waals surface area contributed by atoms with Crippen molar-refractivity contribution in [3.8, 4) is 5.88 Å². The predicted octanol–water partition coefficient (Wildman–Crippen LogP) is 1.95. The van der Waals surface area contributed by atoms with Crippen LogP contribution in [0.3, 0.4) is 0 Å². The Balaban J connectivity index is 2.03. The molecule has 0 bridgehead atoms. The fraction of sp³-hybridized carbons (Fsp3) is 0.167. The number of aryl methyl sites for hydroxylation is 1. The standard InChI is InChI=1S/C12H13N3O/c1-9-12(13)14-7-11(15-9)16-8-10-5-3-2-4-6-10/h2-7H,8H2,1H3,(H2,13,14). The molecule has 0 aliphatic rings. The third kappa shape index (κ3) is 2.48. The zero-order chi connectivity index (χ0) is 11.4. The molecule has 1 aromatic carbocycles. The van der Waals surface area contributed by atoms with Gasteiger partial charge in [-0.1, -0.05) is 30.3 Å². The smallest absolute Gasteiger partial charge is 0.233 e. The van der Waals surface area contributed by atoms with E-state index in [1.807, 2.05) is 30.3 Å². The van der Waals surface area contributed by atoms with Gasteiger partial charge in [0.05, 0.1) is 11.9 Å². The second kappa shape index (κ2) is 4.61. The van der Waals surface area contributed by atoms with Gasteiger partial charge in [-0.15, -0.1) is 0 Å². The number of ether oxygens (including phenoxy) is 1. The number of hydrogen-bond donors (Lipinski definition) is 1. The normalized spacial score (nSPS) is 10.1. The first-order chi connectivity index (χ1) is 7.75. The lowest BCUT2D eigenvalue weighted by Crippen LogP contribution is -2.01. The third-order valence-electron chi connectivity index (χ3n) is 2.19. The quantitative estimate of drug-likeness (QED) is 0.850. The summed E-state index contributed by atoms with van der Waals surface area (Å²) in [5.74, 6) is 0.933. The number of aromatic nitrogens is 2. The highest BCUT2D eigenvalue weighted by Gasteiger charge is 2.01.